The Bertz CT molecular complexity index is 767. The first-order chi connectivity index (χ1) is 11.8. The molecule has 0 aliphatic carbocycles. The molecule has 5 nitrogen and oxygen atoms in total. The van der Waals surface area contributed by atoms with E-state index in [4.69, 9.17) is 4.74 Å². The van der Waals surface area contributed by atoms with Gasteiger partial charge in [-0.25, -0.2) is 4.79 Å². The van der Waals surface area contributed by atoms with E-state index in [2.05, 4.69) is 26.2 Å². The number of rotatable bonds is 5. The minimum atomic E-state index is -4.69. The molecular formula is C16H12BrF3N2O3. The van der Waals surface area contributed by atoms with Crippen molar-refractivity contribution in [2.45, 2.75) is 6.18 Å². The number of aromatic nitrogens is 1. The fourth-order valence-electron chi connectivity index (χ4n) is 1.92. The maximum atomic E-state index is 13.0. The van der Waals surface area contributed by atoms with Gasteiger partial charge in [0.15, 0.2) is 0 Å². The third-order valence-electron chi connectivity index (χ3n) is 3.07. The van der Waals surface area contributed by atoms with Crippen LogP contribution in [0, 0.1) is 0 Å². The predicted molar refractivity (Wildman–Crippen MR) is 86.0 cm³/mol. The number of nitrogens with one attached hydrogen (secondary N) is 1. The molecule has 9 heteroatoms. The summed E-state index contributed by atoms with van der Waals surface area (Å²) in [4.78, 5) is 27.4. The van der Waals surface area contributed by atoms with Gasteiger partial charge >= 0.3 is 12.1 Å². The second-order valence-corrected chi connectivity index (χ2v) is 5.73. The van der Waals surface area contributed by atoms with Gasteiger partial charge in [-0.2, -0.15) is 13.2 Å². The summed E-state index contributed by atoms with van der Waals surface area (Å²) in [6.45, 7) is -0.298. The highest BCUT2D eigenvalue weighted by atomic mass is 79.9. The van der Waals surface area contributed by atoms with Crippen LogP contribution in [0.15, 0.2) is 47.2 Å². The van der Waals surface area contributed by atoms with Crippen LogP contribution in [0.5, 0.6) is 0 Å². The number of nitrogens with zero attached hydrogens (tertiary/aromatic N) is 1. The highest BCUT2D eigenvalue weighted by molar-refractivity contribution is 9.10. The van der Waals surface area contributed by atoms with Crippen LogP contribution in [0.3, 0.4) is 0 Å². The van der Waals surface area contributed by atoms with Gasteiger partial charge in [0.1, 0.15) is 6.61 Å². The number of carbonyl (C=O) groups is 2. The fourth-order valence-corrected chi connectivity index (χ4v) is 2.28. The highest BCUT2D eigenvalue weighted by Crippen LogP contribution is 2.34. The molecule has 0 saturated carbocycles. The van der Waals surface area contributed by atoms with Gasteiger partial charge in [-0.15, -0.1) is 0 Å². The van der Waals surface area contributed by atoms with Crippen molar-refractivity contribution in [2.24, 2.45) is 0 Å². The van der Waals surface area contributed by atoms with Crippen molar-refractivity contribution in [2.75, 3.05) is 13.2 Å². The standard InChI is InChI=1S/C16H12BrF3N2O3/c17-11-1-2-12(13(9-11)16(18,19)20)15(24)25-8-7-22-14(23)10-3-5-21-6-4-10/h1-6,9H,7-8H2,(H,22,23). The number of ether oxygens (including phenoxy) is 1. The molecule has 0 fully saturated rings. The number of benzene rings is 1. The zero-order valence-electron chi connectivity index (χ0n) is 12.6. The average Bonchev–Trinajstić information content (AvgIpc) is 2.58. The van der Waals surface area contributed by atoms with Crippen LogP contribution < -0.4 is 5.32 Å². The van der Waals surface area contributed by atoms with Gasteiger partial charge in [0.05, 0.1) is 17.7 Å². The number of pyridine rings is 1. The molecule has 0 aliphatic heterocycles. The van der Waals surface area contributed by atoms with E-state index in [1.165, 1.54) is 30.6 Å². The average molecular weight is 417 g/mol. The fraction of sp³-hybridized carbons (Fsp3) is 0.188. The summed E-state index contributed by atoms with van der Waals surface area (Å²) in [6.07, 6.45) is -1.80. The third kappa shape index (κ3) is 5.28. The van der Waals surface area contributed by atoms with Gasteiger partial charge in [0.2, 0.25) is 0 Å². The summed E-state index contributed by atoms with van der Waals surface area (Å²) in [6, 6.07) is 6.15. The Morgan fingerprint density at radius 2 is 1.84 bits per heavy atom. The first-order valence-electron chi connectivity index (χ1n) is 7.01. The zero-order valence-corrected chi connectivity index (χ0v) is 14.2. The predicted octanol–water partition coefficient (Wildman–Crippen LogP) is 3.45. The zero-order chi connectivity index (χ0) is 18.4. The van der Waals surface area contributed by atoms with Crippen LogP contribution in [0.25, 0.3) is 0 Å². The van der Waals surface area contributed by atoms with E-state index in [1.54, 1.807) is 0 Å². The molecule has 25 heavy (non-hydrogen) atoms. The van der Waals surface area contributed by atoms with E-state index < -0.39 is 29.2 Å². The third-order valence-corrected chi connectivity index (χ3v) is 3.56. The molecule has 0 saturated heterocycles. The highest BCUT2D eigenvalue weighted by Gasteiger charge is 2.35. The molecule has 2 aromatic rings. The van der Waals surface area contributed by atoms with Crippen LogP contribution in [-0.4, -0.2) is 30.0 Å². The van der Waals surface area contributed by atoms with Gasteiger partial charge in [-0.3, -0.25) is 9.78 Å². The quantitative estimate of drug-likeness (QED) is 0.598. The first kappa shape index (κ1) is 18.9. The minimum Gasteiger partial charge on any atom is -0.460 e. The monoisotopic (exact) mass is 416 g/mol. The largest absolute Gasteiger partial charge is 0.460 e. The molecule has 0 radical (unpaired) electrons. The van der Waals surface area contributed by atoms with E-state index in [9.17, 15) is 22.8 Å². The van der Waals surface area contributed by atoms with Crippen molar-refractivity contribution in [3.05, 3.63) is 63.9 Å². The number of hydrogen-bond acceptors (Lipinski definition) is 4. The maximum Gasteiger partial charge on any atom is 0.417 e. The molecule has 1 heterocycles. The first-order valence-corrected chi connectivity index (χ1v) is 7.80. The summed E-state index contributed by atoms with van der Waals surface area (Å²) in [5, 5.41) is 2.49. The Balaban J connectivity index is 1.92. The lowest BCUT2D eigenvalue weighted by Crippen LogP contribution is -2.28. The Hall–Kier alpha value is -2.42. The summed E-state index contributed by atoms with van der Waals surface area (Å²) in [5.41, 5.74) is -1.31. The van der Waals surface area contributed by atoms with Crippen LogP contribution in [0.1, 0.15) is 26.3 Å². The number of halogens is 4. The molecule has 0 unspecified atom stereocenters. The van der Waals surface area contributed by atoms with Crippen LogP contribution in [0.2, 0.25) is 0 Å². The Kier molecular flexibility index (Phi) is 6.13. The van der Waals surface area contributed by atoms with Gasteiger partial charge in [0, 0.05) is 22.4 Å². The number of esters is 1. The SMILES string of the molecule is O=C(NCCOC(=O)c1ccc(Br)cc1C(F)(F)F)c1ccncc1. The molecule has 0 aliphatic rings. The van der Waals surface area contributed by atoms with E-state index in [0.29, 0.717) is 5.56 Å². The lowest BCUT2D eigenvalue weighted by Gasteiger charge is -2.13. The van der Waals surface area contributed by atoms with Crippen molar-refractivity contribution in [3.8, 4) is 0 Å². The number of carbonyl (C=O) groups excluding carboxylic acids is 2. The molecule has 0 atom stereocenters. The molecule has 1 amide bonds. The van der Waals surface area contributed by atoms with Crippen molar-refractivity contribution in [3.63, 3.8) is 0 Å². The summed E-state index contributed by atoms with van der Waals surface area (Å²) < 4.78 is 43.9. The molecule has 2 rings (SSSR count). The number of alkyl halides is 3. The van der Waals surface area contributed by atoms with E-state index >= 15 is 0 Å². The summed E-state index contributed by atoms with van der Waals surface area (Å²) >= 11 is 2.94. The van der Waals surface area contributed by atoms with Gasteiger partial charge in [-0.1, -0.05) is 15.9 Å². The Labute approximate surface area is 149 Å². The minimum absolute atomic E-state index is 0.0369. The topological polar surface area (TPSA) is 68.3 Å². The lowest BCUT2D eigenvalue weighted by molar-refractivity contribution is -0.138. The van der Waals surface area contributed by atoms with Gasteiger partial charge in [0.25, 0.3) is 5.91 Å². The van der Waals surface area contributed by atoms with Crippen LogP contribution in [0.4, 0.5) is 13.2 Å². The molecule has 1 N–H and O–H groups in total. The Morgan fingerprint density at radius 3 is 2.48 bits per heavy atom. The molecule has 0 bridgehead atoms. The molecule has 1 aromatic heterocycles. The van der Waals surface area contributed by atoms with E-state index in [-0.39, 0.29) is 17.6 Å². The number of hydrogen-bond donors (Lipinski definition) is 1. The normalized spacial score (nSPS) is 11.0. The van der Waals surface area contributed by atoms with E-state index in [1.807, 2.05) is 0 Å². The van der Waals surface area contributed by atoms with Gasteiger partial charge in [-0.05, 0) is 30.3 Å². The van der Waals surface area contributed by atoms with Crippen LogP contribution in [-0.2, 0) is 10.9 Å². The van der Waals surface area contributed by atoms with Crippen molar-refractivity contribution >= 4 is 27.8 Å². The summed E-state index contributed by atoms with van der Waals surface area (Å²) in [7, 11) is 0. The molecule has 1 aromatic carbocycles. The van der Waals surface area contributed by atoms with Gasteiger partial charge < -0.3 is 10.1 Å². The molecule has 132 valence electrons. The smallest absolute Gasteiger partial charge is 0.417 e. The molecular weight excluding hydrogens is 405 g/mol. The second-order valence-electron chi connectivity index (χ2n) is 4.82. The lowest BCUT2D eigenvalue weighted by atomic mass is 10.1. The van der Waals surface area contributed by atoms with Crippen molar-refractivity contribution in [1.82, 2.24) is 10.3 Å². The maximum absolute atomic E-state index is 13.0. The second kappa shape index (κ2) is 8.11. The molecule has 0 spiro atoms. The van der Waals surface area contributed by atoms with Crippen LogP contribution >= 0.6 is 15.9 Å². The van der Waals surface area contributed by atoms with E-state index in [0.717, 1.165) is 12.1 Å². The Morgan fingerprint density at radius 1 is 1.16 bits per heavy atom. The van der Waals surface area contributed by atoms with Crippen molar-refractivity contribution in [1.29, 1.82) is 0 Å². The van der Waals surface area contributed by atoms with Crippen molar-refractivity contribution < 1.29 is 27.5 Å². The number of amides is 1. The summed E-state index contributed by atoms with van der Waals surface area (Å²) in [5.74, 6) is -1.52.